The molecule has 4 nitrogen and oxygen atoms in total. The van der Waals surface area contributed by atoms with Crippen LogP contribution in [-0.2, 0) is 9.59 Å². The van der Waals surface area contributed by atoms with E-state index in [-0.39, 0.29) is 17.7 Å². The molecule has 3 fully saturated rings. The fraction of sp³-hybridized carbons (Fsp3) is 0.600. The SMILES string of the molecule is O=C1CC(C(=O)N2CC[C@H](c3ccccc3)[C@H]3CCCC[C@H]32)CN1. The van der Waals surface area contributed by atoms with Gasteiger partial charge in [0.2, 0.25) is 11.8 Å². The van der Waals surface area contributed by atoms with E-state index >= 15 is 0 Å². The molecule has 1 N–H and O–H groups in total. The third-order valence-electron chi connectivity index (χ3n) is 6.22. The zero-order valence-corrected chi connectivity index (χ0v) is 14.1. The highest BCUT2D eigenvalue weighted by Gasteiger charge is 2.43. The maximum atomic E-state index is 13.0. The largest absolute Gasteiger partial charge is 0.355 e. The van der Waals surface area contributed by atoms with E-state index in [1.165, 1.54) is 24.8 Å². The summed E-state index contributed by atoms with van der Waals surface area (Å²) in [6.07, 6.45) is 6.24. The molecular weight excluding hydrogens is 300 g/mol. The molecule has 0 spiro atoms. The van der Waals surface area contributed by atoms with Crippen molar-refractivity contribution in [2.24, 2.45) is 11.8 Å². The molecule has 0 aromatic heterocycles. The number of amides is 2. The molecule has 0 radical (unpaired) electrons. The second-order valence-corrected chi connectivity index (χ2v) is 7.56. The van der Waals surface area contributed by atoms with Gasteiger partial charge in [0.15, 0.2) is 0 Å². The van der Waals surface area contributed by atoms with E-state index in [9.17, 15) is 9.59 Å². The molecule has 3 aliphatic rings. The molecule has 2 amide bonds. The van der Waals surface area contributed by atoms with E-state index in [1.54, 1.807) is 0 Å². The van der Waals surface area contributed by atoms with Gasteiger partial charge in [-0.3, -0.25) is 9.59 Å². The Labute approximate surface area is 143 Å². The van der Waals surface area contributed by atoms with Crippen LogP contribution in [0.15, 0.2) is 30.3 Å². The van der Waals surface area contributed by atoms with E-state index in [2.05, 4.69) is 40.5 Å². The predicted octanol–water partition coefficient (Wildman–Crippen LogP) is 2.70. The summed E-state index contributed by atoms with van der Waals surface area (Å²) >= 11 is 0. The molecule has 2 saturated heterocycles. The van der Waals surface area contributed by atoms with Crippen molar-refractivity contribution in [2.45, 2.75) is 50.5 Å². The zero-order chi connectivity index (χ0) is 16.5. The van der Waals surface area contributed by atoms with Crippen LogP contribution in [0.3, 0.4) is 0 Å². The highest BCUT2D eigenvalue weighted by molar-refractivity contribution is 5.89. The normalized spacial score (nSPS) is 33.0. The summed E-state index contributed by atoms with van der Waals surface area (Å²) in [5.41, 5.74) is 1.43. The van der Waals surface area contributed by atoms with Gasteiger partial charge in [0.25, 0.3) is 0 Å². The van der Waals surface area contributed by atoms with Gasteiger partial charge in [0.05, 0.1) is 5.92 Å². The van der Waals surface area contributed by atoms with Crippen molar-refractivity contribution in [3.8, 4) is 0 Å². The van der Waals surface area contributed by atoms with Crippen molar-refractivity contribution in [1.82, 2.24) is 10.2 Å². The third kappa shape index (κ3) is 2.83. The Kier molecular flexibility index (Phi) is 4.30. The number of carbonyl (C=O) groups excluding carboxylic acids is 2. The Hall–Kier alpha value is -1.84. The van der Waals surface area contributed by atoms with Crippen LogP contribution < -0.4 is 5.32 Å². The first-order valence-corrected chi connectivity index (χ1v) is 9.36. The molecule has 128 valence electrons. The number of hydrogen-bond donors (Lipinski definition) is 1. The Balaban J connectivity index is 1.54. The van der Waals surface area contributed by atoms with Gasteiger partial charge in [-0.15, -0.1) is 0 Å². The number of hydrogen-bond acceptors (Lipinski definition) is 2. The molecule has 4 heteroatoms. The van der Waals surface area contributed by atoms with Crippen molar-refractivity contribution in [3.63, 3.8) is 0 Å². The number of likely N-dealkylation sites (tertiary alicyclic amines) is 1. The first-order valence-electron chi connectivity index (χ1n) is 9.36. The van der Waals surface area contributed by atoms with Crippen LogP contribution in [0.25, 0.3) is 0 Å². The van der Waals surface area contributed by atoms with E-state index < -0.39 is 0 Å². The number of nitrogens with zero attached hydrogens (tertiary/aromatic N) is 1. The van der Waals surface area contributed by atoms with E-state index in [1.807, 2.05) is 0 Å². The number of benzene rings is 1. The minimum absolute atomic E-state index is 0.0210. The van der Waals surface area contributed by atoms with Gasteiger partial charge in [0, 0.05) is 25.6 Å². The Bertz CT molecular complexity index is 615. The molecule has 1 unspecified atom stereocenters. The van der Waals surface area contributed by atoms with Gasteiger partial charge >= 0.3 is 0 Å². The average molecular weight is 326 g/mol. The molecule has 2 aliphatic heterocycles. The summed E-state index contributed by atoms with van der Waals surface area (Å²) in [5.74, 6) is 1.23. The topological polar surface area (TPSA) is 49.4 Å². The number of fused-ring (bicyclic) bond motifs is 1. The smallest absolute Gasteiger partial charge is 0.228 e. The minimum atomic E-state index is -0.145. The van der Waals surface area contributed by atoms with Crippen LogP contribution in [0.5, 0.6) is 0 Å². The monoisotopic (exact) mass is 326 g/mol. The first kappa shape index (κ1) is 15.7. The Morgan fingerprint density at radius 3 is 2.62 bits per heavy atom. The van der Waals surface area contributed by atoms with Gasteiger partial charge in [-0.2, -0.15) is 0 Å². The lowest BCUT2D eigenvalue weighted by molar-refractivity contribution is -0.142. The molecule has 0 bridgehead atoms. The van der Waals surface area contributed by atoms with Crippen LogP contribution >= 0.6 is 0 Å². The maximum Gasteiger partial charge on any atom is 0.228 e. The Morgan fingerprint density at radius 2 is 1.88 bits per heavy atom. The highest BCUT2D eigenvalue weighted by atomic mass is 16.2. The van der Waals surface area contributed by atoms with Crippen molar-refractivity contribution in [3.05, 3.63) is 35.9 Å². The third-order valence-corrected chi connectivity index (χ3v) is 6.22. The van der Waals surface area contributed by atoms with Crippen molar-refractivity contribution < 1.29 is 9.59 Å². The second kappa shape index (κ2) is 6.58. The molecule has 1 aromatic carbocycles. The number of rotatable bonds is 2. The van der Waals surface area contributed by atoms with Crippen LogP contribution in [0.2, 0.25) is 0 Å². The molecule has 1 aliphatic carbocycles. The lowest BCUT2D eigenvalue weighted by Gasteiger charge is -2.49. The van der Waals surface area contributed by atoms with Crippen LogP contribution in [0, 0.1) is 11.8 Å². The summed E-state index contributed by atoms with van der Waals surface area (Å²) in [4.78, 5) is 26.6. The molecule has 2 heterocycles. The van der Waals surface area contributed by atoms with Crippen LogP contribution in [-0.4, -0.2) is 35.8 Å². The summed E-state index contributed by atoms with van der Waals surface area (Å²) in [7, 11) is 0. The lowest BCUT2D eigenvalue weighted by atomic mass is 9.69. The van der Waals surface area contributed by atoms with Crippen molar-refractivity contribution in [1.29, 1.82) is 0 Å². The highest BCUT2D eigenvalue weighted by Crippen LogP contribution is 2.44. The van der Waals surface area contributed by atoms with E-state index in [0.29, 0.717) is 30.8 Å². The van der Waals surface area contributed by atoms with Gasteiger partial charge in [-0.05, 0) is 36.7 Å². The van der Waals surface area contributed by atoms with Gasteiger partial charge in [-0.25, -0.2) is 0 Å². The quantitative estimate of drug-likeness (QED) is 0.908. The first-order chi connectivity index (χ1) is 11.7. The van der Waals surface area contributed by atoms with E-state index in [0.717, 1.165) is 19.4 Å². The summed E-state index contributed by atoms with van der Waals surface area (Å²) in [6.45, 7) is 1.36. The van der Waals surface area contributed by atoms with Gasteiger partial charge < -0.3 is 10.2 Å². The van der Waals surface area contributed by atoms with Crippen LogP contribution in [0.4, 0.5) is 0 Å². The molecule has 1 saturated carbocycles. The molecule has 4 atom stereocenters. The summed E-state index contributed by atoms with van der Waals surface area (Å²) in [6, 6.07) is 11.2. The number of carbonyl (C=O) groups is 2. The lowest BCUT2D eigenvalue weighted by Crippen LogP contribution is -2.54. The summed E-state index contributed by atoms with van der Waals surface area (Å²) in [5, 5.41) is 2.81. The van der Waals surface area contributed by atoms with Crippen molar-refractivity contribution in [2.75, 3.05) is 13.1 Å². The summed E-state index contributed by atoms with van der Waals surface area (Å²) < 4.78 is 0. The number of nitrogens with one attached hydrogen (secondary N) is 1. The molecular formula is C20H26N2O2. The molecule has 4 rings (SSSR count). The molecule has 24 heavy (non-hydrogen) atoms. The minimum Gasteiger partial charge on any atom is -0.355 e. The second-order valence-electron chi connectivity index (χ2n) is 7.56. The van der Waals surface area contributed by atoms with Gasteiger partial charge in [0.1, 0.15) is 0 Å². The van der Waals surface area contributed by atoms with Crippen LogP contribution in [0.1, 0.15) is 50.0 Å². The fourth-order valence-corrected chi connectivity index (χ4v) is 5.06. The fourth-order valence-electron chi connectivity index (χ4n) is 5.06. The molecule has 1 aromatic rings. The van der Waals surface area contributed by atoms with E-state index in [4.69, 9.17) is 0 Å². The van der Waals surface area contributed by atoms with Gasteiger partial charge in [-0.1, -0.05) is 43.2 Å². The standard InChI is InChI=1S/C20H26N2O2/c23-19-12-15(13-21-19)20(24)22-11-10-16(14-6-2-1-3-7-14)17-8-4-5-9-18(17)22/h1-3,6-7,15-18H,4-5,8-13H2,(H,21,23)/t15?,16-,17-,18-/m1/s1. The number of piperidine rings is 1. The Morgan fingerprint density at radius 1 is 1.08 bits per heavy atom. The van der Waals surface area contributed by atoms with Crippen molar-refractivity contribution >= 4 is 11.8 Å². The predicted molar refractivity (Wildman–Crippen MR) is 92.4 cm³/mol. The average Bonchev–Trinajstić information content (AvgIpc) is 3.07. The zero-order valence-electron chi connectivity index (χ0n) is 14.1. The maximum absolute atomic E-state index is 13.0.